The standard InChI is InChI=1S/C13H15N3O/c1-9-7-12(16-10(2)15-9)8-17-13-5-3-11(14)4-6-13/h3-7H,8,14H2,1-2H3. The fraction of sp³-hybridized carbons (Fsp3) is 0.231. The minimum atomic E-state index is 0.439. The molecular weight excluding hydrogens is 214 g/mol. The molecule has 2 N–H and O–H groups in total. The molecule has 0 unspecified atom stereocenters. The fourth-order valence-corrected chi connectivity index (χ4v) is 1.59. The zero-order chi connectivity index (χ0) is 12.3. The molecule has 4 heteroatoms. The van der Waals surface area contributed by atoms with Crippen LogP contribution in [-0.2, 0) is 6.61 Å². The second-order valence-corrected chi connectivity index (χ2v) is 3.91. The minimum Gasteiger partial charge on any atom is -0.487 e. The first kappa shape index (κ1) is 11.4. The van der Waals surface area contributed by atoms with Crippen molar-refractivity contribution >= 4 is 5.69 Å². The van der Waals surface area contributed by atoms with Crippen LogP contribution >= 0.6 is 0 Å². The van der Waals surface area contributed by atoms with Gasteiger partial charge in [0.1, 0.15) is 18.2 Å². The van der Waals surface area contributed by atoms with E-state index >= 15 is 0 Å². The molecule has 4 nitrogen and oxygen atoms in total. The van der Waals surface area contributed by atoms with Gasteiger partial charge in [0, 0.05) is 11.4 Å². The quantitative estimate of drug-likeness (QED) is 0.820. The molecule has 0 aliphatic carbocycles. The second kappa shape index (κ2) is 4.82. The van der Waals surface area contributed by atoms with E-state index in [-0.39, 0.29) is 0 Å². The van der Waals surface area contributed by atoms with Gasteiger partial charge in [0.2, 0.25) is 0 Å². The van der Waals surface area contributed by atoms with Crippen LogP contribution in [0.2, 0.25) is 0 Å². The van der Waals surface area contributed by atoms with Crippen LogP contribution in [0.1, 0.15) is 17.2 Å². The van der Waals surface area contributed by atoms with Crippen molar-refractivity contribution in [3.8, 4) is 5.75 Å². The van der Waals surface area contributed by atoms with Crippen LogP contribution in [0.4, 0.5) is 5.69 Å². The molecule has 0 fully saturated rings. The van der Waals surface area contributed by atoms with Crippen molar-refractivity contribution in [1.82, 2.24) is 9.97 Å². The molecule has 1 aromatic carbocycles. The van der Waals surface area contributed by atoms with Gasteiger partial charge in [-0.1, -0.05) is 0 Å². The first-order valence-corrected chi connectivity index (χ1v) is 5.43. The Kier molecular flexibility index (Phi) is 3.23. The van der Waals surface area contributed by atoms with Crippen LogP contribution in [0.25, 0.3) is 0 Å². The maximum absolute atomic E-state index is 5.61. The molecule has 0 aliphatic rings. The molecule has 2 aromatic rings. The molecule has 17 heavy (non-hydrogen) atoms. The third-order valence-corrected chi connectivity index (χ3v) is 2.29. The molecule has 0 aliphatic heterocycles. The molecule has 2 rings (SSSR count). The summed E-state index contributed by atoms with van der Waals surface area (Å²) in [5.41, 5.74) is 8.16. The highest BCUT2D eigenvalue weighted by molar-refractivity contribution is 5.41. The van der Waals surface area contributed by atoms with Gasteiger partial charge >= 0.3 is 0 Å². The van der Waals surface area contributed by atoms with Gasteiger partial charge in [-0.25, -0.2) is 9.97 Å². The summed E-state index contributed by atoms with van der Waals surface area (Å²) in [5, 5.41) is 0. The van der Waals surface area contributed by atoms with Crippen molar-refractivity contribution in [1.29, 1.82) is 0 Å². The summed E-state index contributed by atoms with van der Waals surface area (Å²) in [6.45, 7) is 4.26. The van der Waals surface area contributed by atoms with Gasteiger partial charge in [-0.15, -0.1) is 0 Å². The topological polar surface area (TPSA) is 61.0 Å². The van der Waals surface area contributed by atoms with Crippen LogP contribution in [0.3, 0.4) is 0 Å². The molecule has 1 heterocycles. The highest BCUT2D eigenvalue weighted by Gasteiger charge is 2.00. The monoisotopic (exact) mass is 229 g/mol. The lowest BCUT2D eigenvalue weighted by Crippen LogP contribution is -2.02. The molecule has 0 bridgehead atoms. The number of anilines is 1. The molecule has 0 amide bonds. The smallest absolute Gasteiger partial charge is 0.130 e. The lowest BCUT2D eigenvalue weighted by atomic mass is 10.3. The van der Waals surface area contributed by atoms with E-state index in [1.165, 1.54) is 0 Å². The number of hydrogen-bond acceptors (Lipinski definition) is 4. The van der Waals surface area contributed by atoms with E-state index < -0.39 is 0 Å². The lowest BCUT2D eigenvalue weighted by Gasteiger charge is -2.07. The predicted molar refractivity (Wildman–Crippen MR) is 66.7 cm³/mol. The first-order chi connectivity index (χ1) is 8.13. The van der Waals surface area contributed by atoms with Crippen LogP contribution in [0.15, 0.2) is 30.3 Å². The summed E-state index contributed by atoms with van der Waals surface area (Å²) in [7, 11) is 0. The number of rotatable bonds is 3. The number of nitrogens with two attached hydrogens (primary N) is 1. The molecule has 1 aromatic heterocycles. The Morgan fingerprint density at radius 1 is 1.12 bits per heavy atom. The Balaban J connectivity index is 2.04. The maximum atomic E-state index is 5.61. The first-order valence-electron chi connectivity index (χ1n) is 5.43. The van der Waals surface area contributed by atoms with Crippen LogP contribution < -0.4 is 10.5 Å². The number of benzene rings is 1. The molecule has 0 spiro atoms. The van der Waals surface area contributed by atoms with E-state index in [1.54, 1.807) is 0 Å². The number of aromatic nitrogens is 2. The third-order valence-electron chi connectivity index (χ3n) is 2.29. The van der Waals surface area contributed by atoms with Crippen LogP contribution in [-0.4, -0.2) is 9.97 Å². The minimum absolute atomic E-state index is 0.439. The van der Waals surface area contributed by atoms with Gasteiger partial charge in [-0.05, 0) is 44.2 Å². The largest absolute Gasteiger partial charge is 0.487 e. The van der Waals surface area contributed by atoms with Crippen molar-refractivity contribution in [3.63, 3.8) is 0 Å². The average Bonchev–Trinajstić information content (AvgIpc) is 2.27. The Labute approximate surface area is 100 Å². The van der Waals surface area contributed by atoms with Gasteiger partial charge in [-0.2, -0.15) is 0 Å². The molecule has 0 saturated heterocycles. The van der Waals surface area contributed by atoms with Crippen molar-refractivity contribution in [3.05, 3.63) is 47.5 Å². The number of aryl methyl sites for hydroxylation is 2. The fourth-order valence-electron chi connectivity index (χ4n) is 1.59. The number of hydrogen-bond donors (Lipinski definition) is 1. The van der Waals surface area contributed by atoms with E-state index in [1.807, 2.05) is 44.2 Å². The normalized spacial score (nSPS) is 10.2. The summed E-state index contributed by atoms with van der Waals surface area (Å²) < 4.78 is 5.61. The Hall–Kier alpha value is -2.10. The summed E-state index contributed by atoms with van der Waals surface area (Å²) in [4.78, 5) is 8.52. The summed E-state index contributed by atoms with van der Waals surface area (Å²) >= 11 is 0. The Bertz CT molecular complexity index is 488. The molecule has 0 atom stereocenters. The van der Waals surface area contributed by atoms with E-state index in [0.717, 1.165) is 28.6 Å². The number of nitrogen functional groups attached to an aromatic ring is 1. The zero-order valence-electron chi connectivity index (χ0n) is 9.97. The van der Waals surface area contributed by atoms with Gasteiger partial charge in [0.05, 0.1) is 5.69 Å². The average molecular weight is 229 g/mol. The third kappa shape index (κ3) is 3.17. The predicted octanol–water partition coefficient (Wildman–Crippen LogP) is 2.25. The van der Waals surface area contributed by atoms with Gasteiger partial charge in [0.25, 0.3) is 0 Å². The Morgan fingerprint density at radius 2 is 1.82 bits per heavy atom. The van der Waals surface area contributed by atoms with E-state index in [2.05, 4.69) is 9.97 Å². The summed E-state index contributed by atoms with van der Waals surface area (Å²) in [5.74, 6) is 1.55. The molecule has 88 valence electrons. The number of ether oxygens (including phenoxy) is 1. The molecule has 0 radical (unpaired) electrons. The maximum Gasteiger partial charge on any atom is 0.130 e. The van der Waals surface area contributed by atoms with Crippen molar-refractivity contribution in [2.45, 2.75) is 20.5 Å². The van der Waals surface area contributed by atoms with Crippen LogP contribution in [0, 0.1) is 13.8 Å². The molecular formula is C13H15N3O. The van der Waals surface area contributed by atoms with E-state index in [0.29, 0.717) is 6.61 Å². The second-order valence-electron chi connectivity index (χ2n) is 3.91. The van der Waals surface area contributed by atoms with Crippen molar-refractivity contribution < 1.29 is 4.74 Å². The van der Waals surface area contributed by atoms with Gasteiger partial charge < -0.3 is 10.5 Å². The SMILES string of the molecule is Cc1cc(COc2ccc(N)cc2)nc(C)n1. The highest BCUT2D eigenvalue weighted by Crippen LogP contribution is 2.14. The highest BCUT2D eigenvalue weighted by atomic mass is 16.5. The lowest BCUT2D eigenvalue weighted by molar-refractivity contribution is 0.300. The van der Waals surface area contributed by atoms with E-state index in [4.69, 9.17) is 10.5 Å². The van der Waals surface area contributed by atoms with Crippen molar-refractivity contribution in [2.24, 2.45) is 0 Å². The Morgan fingerprint density at radius 3 is 2.47 bits per heavy atom. The van der Waals surface area contributed by atoms with Gasteiger partial charge in [-0.3, -0.25) is 0 Å². The molecule has 0 saturated carbocycles. The summed E-state index contributed by atoms with van der Waals surface area (Å²) in [6, 6.07) is 9.23. The van der Waals surface area contributed by atoms with Crippen molar-refractivity contribution in [2.75, 3.05) is 5.73 Å². The zero-order valence-corrected chi connectivity index (χ0v) is 9.97. The van der Waals surface area contributed by atoms with Gasteiger partial charge in [0.15, 0.2) is 0 Å². The van der Waals surface area contributed by atoms with E-state index in [9.17, 15) is 0 Å². The summed E-state index contributed by atoms with van der Waals surface area (Å²) in [6.07, 6.45) is 0. The van der Waals surface area contributed by atoms with Crippen LogP contribution in [0.5, 0.6) is 5.75 Å². The number of nitrogens with zero attached hydrogens (tertiary/aromatic N) is 2.